The summed E-state index contributed by atoms with van der Waals surface area (Å²) in [5, 5.41) is 4.37. The summed E-state index contributed by atoms with van der Waals surface area (Å²) < 4.78 is 7.86. The van der Waals surface area contributed by atoms with Gasteiger partial charge in [0.15, 0.2) is 10.4 Å². The molecule has 2 aromatic rings. The summed E-state index contributed by atoms with van der Waals surface area (Å²) in [7, 11) is 0. The lowest BCUT2D eigenvalue weighted by atomic mass is 10.3. The van der Waals surface area contributed by atoms with Gasteiger partial charge < -0.3 is 10.2 Å². The van der Waals surface area contributed by atoms with Gasteiger partial charge in [0, 0.05) is 12.1 Å². The SMILES string of the molecule is CC(C)n1nc(-c2ccc(Br)o2)cc1N. The molecule has 0 saturated carbocycles. The van der Waals surface area contributed by atoms with Crippen LogP contribution in [0.1, 0.15) is 19.9 Å². The topological polar surface area (TPSA) is 57.0 Å². The van der Waals surface area contributed by atoms with Gasteiger partial charge in [0.2, 0.25) is 0 Å². The van der Waals surface area contributed by atoms with E-state index in [-0.39, 0.29) is 6.04 Å². The molecule has 0 fully saturated rings. The quantitative estimate of drug-likeness (QED) is 0.912. The Morgan fingerprint density at radius 2 is 2.20 bits per heavy atom. The number of rotatable bonds is 2. The highest BCUT2D eigenvalue weighted by Gasteiger charge is 2.11. The van der Waals surface area contributed by atoms with Crippen LogP contribution in [-0.2, 0) is 0 Å². The van der Waals surface area contributed by atoms with Crippen LogP contribution in [-0.4, -0.2) is 9.78 Å². The minimum Gasteiger partial charge on any atom is -0.448 e. The third-order valence-electron chi connectivity index (χ3n) is 2.08. The molecule has 0 bridgehead atoms. The highest BCUT2D eigenvalue weighted by molar-refractivity contribution is 9.10. The lowest BCUT2D eigenvalue weighted by molar-refractivity contribution is 0.529. The molecule has 5 heteroatoms. The molecule has 2 heterocycles. The third kappa shape index (κ3) is 1.92. The predicted octanol–water partition coefficient (Wildman–Crippen LogP) is 3.07. The lowest BCUT2D eigenvalue weighted by Crippen LogP contribution is -2.06. The molecule has 0 saturated heterocycles. The summed E-state index contributed by atoms with van der Waals surface area (Å²) >= 11 is 3.25. The standard InChI is InChI=1S/C10H12BrN3O/c1-6(2)14-10(12)5-7(13-14)8-3-4-9(11)15-8/h3-6H,12H2,1-2H3. The van der Waals surface area contributed by atoms with E-state index in [9.17, 15) is 0 Å². The summed E-state index contributed by atoms with van der Waals surface area (Å²) in [6.45, 7) is 4.07. The van der Waals surface area contributed by atoms with Crippen molar-refractivity contribution in [1.29, 1.82) is 0 Å². The van der Waals surface area contributed by atoms with Gasteiger partial charge in [-0.1, -0.05) is 0 Å². The third-order valence-corrected chi connectivity index (χ3v) is 2.51. The van der Waals surface area contributed by atoms with Crippen molar-refractivity contribution in [1.82, 2.24) is 9.78 Å². The molecule has 4 nitrogen and oxygen atoms in total. The average Bonchev–Trinajstić information content (AvgIpc) is 2.71. The second-order valence-corrected chi connectivity index (χ2v) is 4.38. The summed E-state index contributed by atoms with van der Waals surface area (Å²) in [4.78, 5) is 0. The number of aromatic nitrogens is 2. The van der Waals surface area contributed by atoms with Gasteiger partial charge in [0.25, 0.3) is 0 Å². The van der Waals surface area contributed by atoms with Crippen LogP contribution in [0, 0.1) is 0 Å². The number of nitrogens with two attached hydrogens (primary N) is 1. The van der Waals surface area contributed by atoms with Gasteiger partial charge in [0.1, 0.15) is 11.5 Å². The second kappa shape index (κ2) is 3.73. The number of hydrogen-bond donors (Lipinski definition) is 1. The predicted molar refractivity (Wildman–Crippen MR) is 62.4 cm³/mol. The van der Waals surface area contributed by atoms with E-state index >= 15 is 0 Å². The minimum absolute atomic E-state index is 0.247. The van der Waals surface area contributed by atoms with Crippen LogP contribution in [0.15, 0.2) is 27.3 Å². The Kier molecular flexibility index (Phi) is 2.56. The Balaban J connectivity index is 2.42. The Morgan fingerprint density at radius 3 is 2.67 bits per heavy atom. The first-order chi connectivity index (χ1) is 7.08. The molecular formula is C10H12BrN3O. The molecule has 0 aliphatic heterocycles. The Morgan fingerprint density at radius 1 is 1.47 bits per heavy atom. The number of furan rings is 1. The fourth-order valence-electron chi connectivity index (χ4n) is 1.39. The maximum absolute atomic E-state index is 5.83. The number of nitrogens with zero attached hydrogens (tertiary/aromatic N) is 2. The second-order valence-electron chi connectivity index (χ2n) is 3.60. The van der Waals surface area contributed by atoms with Gasteiger partial charge >= 0.3 is 0 Å². The smallest absolute Gasteiger partial charge is 0.169 e. The van der Waals surface area contributed by atoms with Crippen molar-refractivity contribution in [2.45, 2.75) is 19.9 Å². The van der Waals surface area contributed by atoms with Crippen LogP contribution < -0.4 is 5.73 Å². The zero-order valence-electron chi connectivity index (χ0n) is 8.57. The minimum atomic E-state index is 0.247. The molecule has 80 valence electrons. The average molecular weight is 270 g/mol. The van der Waals surface area contributed by atoms with E-state index in [0.717, 1.165) is 5.69 Å². The molecule has 0 unspecified atom stereocenters. The van der Waals surface area contributed by atoms with Crippen LogP contribution >= 0.6 is 15.9 Å². The van der Waals surface area contributed by atoms with Crippen molar-refractivity contribution in [3.8, 4) is 11.5 Å². The first-order valence-corrected chi connectivity index (χ1v) is 5.48. The maximum atomic E-state index is 5.83. The molecule has 15 heavy (non-hydrogen) atoms. The lowest BCUT2D eigenvalue weighted by Gasteiger charge is -2.06. The van der Waals surface area contributed by atoms with Gasteiger partial charge in [-0.2, -0.15) is 5.10 Å². The molecule has 0 radical (unpaired) electrons. The zero-order chi connectivity index (χ0) is 11.0. The van der Waals surface area contributed by atoms with E-state index in [2.05, 4.69) is 21.0 Å². The van der Waals surface area contributed by atoms with Crippen molar-refractivity contribution in [3.63, 3.8) is 0 Å². The van der Waals surface area contributed by atoms with Gasteiger partial charge in [-0.15, -0.1) is 0 Å². The molecule has 0 amide bonds. The molecule has 0 aromatic carbocycles. The van der Waals surface area contributed by atoms with Crippen molar-refractivity contribution < 1.29 is 4.42 Å². The monoisotopic (exact) mass is 269 g/mol. The fraction of sp³-hybridized carbons (Fsp3) is 0.300. The largest absolute Gasteiger partial charge is 0.448 e. The number of hydrogen-bond acceptors (Lipinski definition) is 3. The van der Waals surface area contributed by atoms with Gasteiger partial charge in [-0.05, 0) is 41.9 Å². The van der Waals surface area contributed by atoms with Crippen molar-refractivity contribution >= 4 is 21.7 Å². The zero-order valence-corrected chi connectivity index (χ0v) is 10.2. The van der Waals surface area contributed by atoms with E-state index < -0.39 is 0 Å². The number of halogens is 1. The summed E-state index contributed by atoms with van der Waals surface area (Å²) in [5.74, 6) is 1.36. The molecule has 0 spiro atoms. The van der Waals surface area contributed by atoms with E-state index in [4.69, 9.17) is 10.2 Å². The highest BCUT2D eigenvalue weighted by atomic mass is 79.9. The van der Waals surface area contributed by atoms with Crippen molar-refractivity contribution in [2.75, 3.05) is 5.73 Å². The molecule has 2 N–H and O–H groups in total. The van der Waals surface area contributed by atoms with E-state index in [0.29, 0.717) is 16.2 Å². The first kappa shape index (κ1) is 10.3. The van der Waals surface area contributed by atoms with Gasteiger partial charge in [0.05, 0.1) is 0 Å². The molecule has 2 aromatic heterocycles. The first-order valence-electron chi connectivity index (χ1n) is 4.68. The Bertz CT molecular complexity index is 473. The number of anilines is 1. The fourth-order valence-corrected chi connectivity index (χ4v) is 1.70. The normalized spacial score (nSPS) is 11.2. The molecule has 0 aliphatic rings. The van der Waals surface area contributed by atoms with Crippen LogP contribution in [0.3, 0.4) is 0 Å². The molecular weight excluding hydrogens is 258 g/mol. The Hall–Kier alpha value is -1.23. The van der Waals surface area contributed by atoms with Crippen molar-refractivity contribution in [2.24, 2.45) is 0 Å². The van der Waals surface area contributed by atoms with Crippen LogP contribution in [0.25, 0.3) is 11.5 Å². The van der Waals surface area contributed by atoms with Crippen LogP contribution in [0.2, 0.25) is 0 Å². The maximum Gasteiger partial charge on any atom is 0.169 e. The van der Waals surface area contributed by atoms with E-state index in [1.807, 2.05) is 32.0 Å². The van der Waals surface area contributed by atoms with E-state index in [1.54, 1.807) is 4.68 Å². The number of nitrogen functional groups attached to an aromatic ring is 1. The van der Waals surface area contributed by atoms with Gasteiger partial charge in [-0.3, -0.25) is 0 Å². The summed E-state index contributed by atoms with van der Waals surface area (Å²) in [5.41, 5.74) is 6.59. The molecule has 2 rings (SSSR count). The van der Waals surface area contributed by atoms with Crippen LogP contribution in [0.4, 0.5) is 5.82 Å². The molecule has 0 aliphatic carbocycles. The van der Waals surface area contributed by atoms with Crippen LogP contribution in [0.5, 0.6) is 0 Å². The molecule has 0 atom stereocenters. The summed E-state index contributed by atoms with van der Waals surface area (Å²) in [6, 6.07) is 5.75. The van der Waals surface area contributed by atoms with Gasteiger partial charge in [-0.25, -0.2) is 4.68 Å². The van der Waals surface area contributed by atoms with Crippen molar-refractivity contribution in [3.05, 3.63) is 22.9 Å². The highest BCUT2D eigenvalue weighted by Crippen LogP contribution is 2.26. The summed E-state index contributed by atoms with van der Waals surface area (Å²) in [6.07, 6.45) is 0. The van der Waals surface area contributed by atoms with E-state index in [1.165, 1.54) is 0 Å². The Labute approximate surface area is 96.2 Å².